The fourth-order valence-corrected chi connectivity index (χ4v) is 2.68. The summed E-state index contributed by atoms with van der Waals surface area (Å²) in [4.78, 5) is 1.08. The maximum Gasteiger partial charge on any atom is 0.133 e. The average molecular weight is 209 g/mol. The maximum atomic E-state index is 8.84. The normalized spacial score (nSPS) is 17.9. The largest absolute Gasteiger partial charge is 0.496 e. The Morgan fingerprint density at radius 1 is 1.50 bits per heavy atom. The van der Waals surface area contributed by atoms with Crippen molar-refractivity contribution < 1.29 is 9.94 Å². The maximum absolute atomic E-state index is 8.84. The third-order valence-corrected chi connectivity index (χ3v) is 3.33. The zero-order chi connectivity index (χ0) is 9.97. The molecule has 3 nitrogen and oxygen atoms in total. The molecule has 0 aliphatic carbocycles. The smallest absolute Gasteiger partial charge is 0.133 e. The Balaban J connectivity index is 2.55. The lowest BCUT2D eigenvalue weighted by Gasteiger charge is -2.18. The summed E-state index contributed by atoms with van der Waals surface area (Å²) >= 11 is 1.74. The Bertz CT molecular complexity index is 376. The second kappa shape index (κ2) is 3.92. The van der Waals surface area contributed by atoms with Gasteiger partial charge in [0.05, 0.1) is 17.7 Å². The highest BCUT2D eigenvalue weighted by molar-refractivity contribution is 7.99. The number of nitrogens with zero attached hydrogens (tertiary/aromatic N) is 1. The molecule has 74 valence electrons. The number of ether oxygens (including phenoxy) is 1. The summed E-state index contributed by atoms with van der Waals surface area (Å²) in [6.07, 6.45) is 0.807. The van der Waals surface area contributed by atoms with Crippen LogP contribution in [0, 0.1) is 0 Å². The molecule has 1 aromatic rings. The molecule has 0 saturated heterocycles. The van der Waals surface area contributed by atoms with Crippen LogP contribution in [0.15, 0.2) is 28.3 Å². The van der Waals surface area contributed by atoms with Crippen molar-refractivity contribution in [1.29, 1.82) is 0 Å². The number of thioether (sulfide) groups is 1. The first kappa shape index (κ1) is 9.40. The Morgan fingerprint density at radius 2 is 2.36 bits per heavy atom. The Kier molecular flexibility index (Phi) is 2.63. The molecule has 0 amide bonds. The summed E-state index contributed by atoms with van der Waals surface area (Å²) in [5.41, 5.74) is 1.74. The lowest BCUT2D eigenvalue weighted by molar-refractivity contribution is 0.318. The van der Waals surface area contributed by atoms with Crippen molar-refractivity contribution in [2.75, 3.05) is 12.9 Å². The highest BCUT2D eigenvalue weighted by atomic mass is 32.2. The molecule has 1 aromatic carbocycles. The van der Waals surface area contributed by atoms with E-state index < -0.39 is 0 Å². The molecule has 0 spiro atoms. The van der Waals surface area contributed by atoms with Gasteiger partial charge in [0, 0.05) is 17.7 Å². The zero-order valence-corrected chi connectivity index (χ0v) is 8.67. The van der Waals surface area contributed by atoms with Crippen LogP contribution in [0.5, 0.6) is 5.75 Å². The Morgan fingerprint density at radius 3 is 3.07 bits per heavy atom. The van der Waals surface area contributed by atoms with E-state index in [9.17, 15) is 0 Å². The molecule has 0 saturated carbocycles. The van der Waals surface area contributed by atoms with Gasteiger partial charge in [-0.1, -0.05) is 17.3 Å². The van der Waals surface area contributed by atoms with Crippen LogP contribution in [0.3, 0.4) is 0 Å². The van der Waals surface area contributed by atoms with E-state index in [2.05, 4.69) is 5.16 Å². The van der Waals surface area contributed by atoms with Gasteiger partial charge in [-0.3, -0.25) is 0 Å². The quantitative estimate of drug-likeness (QED) is 0.570. The first-order chi connectivity index (χ1) is 6.86. The number of methoxy groups -OCH3 is 1. The van der Waals surface area contributed by atoms with Crippen LogP contribution in [0.25, 0.3) is 0 Å². The molecule has 0 radical (unpaired) electrons. The molecule has 0 fully saturated rings. The van der Waals surface area contributed by atoms with Gasteiger partial charge in [0.25, 0.3) is 0 Å². The lowest BCUT2D eigenvalue weighted by Crippen LogP contribution is -2.10. The van der Waals surface area contributed by atoms with Crippen molar-refractivity contribution in [1.82, 2.24) is 0 Å². The Hall–Kier alpha value is -1.16. The van der Waals surface area contributed by atoms with Crippen molar-refractivity contribution >= 4 is 17.5 Å². The van der Waals surface area contributed by atoms with Gasteiger partial charge in [0.15, 0.2) is 0 Å². The molecule has 1 N–H and O–H groups in total. The summed E-state index contributed by atoms with van der Waals surface area (Å²) in [6, 6.07) is 5.79. The molecule has 0 unspecified atom stereocenters. The molecule has 14 heavy (non-hydrogen) atoms. The predicted octanol–water partition coefficient (Wildman–Crippen LogP) is 2.37. The Labute approximate surface area is 86.8 Å². The van der Waals surface area contributed by atoms with E-state index in [1.807, 2.05) is 18.2 Å². The van der Waals surface area contributed by atoms with E-state index in [1.54, 1.807) is 18.9 Å². The van der Waals surface area contributed by atoms with Crippen molar-refractivity contribution in [3.8, 4) is 5.75 Å². The monoisotopic (exact) mass is 209 g/mol. The first-order valence-electron chi connectivity index (χ1n) is 4.38. The van der Waals surface area contributed by atoms with Gasteiger partial charge in [-0.2, -0.15) is 0 Å². The van der Waals surface area contributed by atoms with E-state index in [4.69, 9.17) is 9.94 Å². The minimum atomic E-state index is 0.748. The van der Waals surface area contributed by atoms with Gasteiger partial charge in [0.1, 0.15) is 5.75 Å². The summed E-state index contributed by atoms with van der Waals surface area (Å²) < 4.78 is 5.25. The first-order valence-corrected chi connectivity index (χ1v) is 5.36. The number of rotatable bonds is 1. The number of fused-ring (bicyclic) bond motifs is 1. The number of benzene rings is 1. The molecule has 2 rings (SSSR count). The van der Waals surface area contributed by atoms with E-state index in [0.29, 0.717) is 0 Å². The molecule has 0 atom stereocenters. The third-order valence-electron chi connectivity index (χ3n) is 2.22. The third kappa shape index (κ3) is 1.46. The van der Waals surface area contributed by atoms with Crippen LogP contribution in [-0.2, 0) is 0 Å². The predicted molar refractivity (Wildman–Crippen MR) is 56.7 cm³/mol. The fraction of sp³-hybridized carbons (Fsp3) is 0.300. The highest BCUT2D eigenvalue weighted by Gasteiger charge is 2.19. The van der Waals surface area contributed by atoms with Gasteiger partial charge in [0.2, 0.25) is 0 Å². The average Bonchev–Trinajstić information content (AvgIpc) is 2.27. The van der Waals surface area contributed by atoms with Gasteiger partial charge >= 0.3 is 0 Å². The van der Waals surface area contributed by atoms with Crippen LogP contribution < -0.4 is 4.74 Å². The van der Waals surface area contributed by atoms with Crippen LogP contribution in [0.2, 0.25) is 0 Å². The molecule has 1 aliphatic rings. The summed E-state index contributed by atoms with van der Waals surface area (Å²) in [6.45, 7) is 0. The van der Waals surface area contributed by atoms with E-state index >= 15 is 0 Å². The second-order valence-electron chi connectivity index (χ2n) is 2.98. The van der Waals surface area contributed by atoms with Crippen LogP contribution in [0.1, 0.15) is 12.0 Å². The standard InChI is InChI=1S/C10H11NO2S/c1-13-9-4-2-3-7-8(11-12)5-6-14-10(7)9/h2-4,12H,5-6H2,1H3. The van der Waals surface area contributed by atoms with Crippen LogP contribution >= 0.6 is 11.8 Å². The minimum absolute atomic E-state index is 0.748. The molecule has 1 heterocycles. The number of oxime groups is 1. The highest BCUT2D eigenvalue weighted by Crippen LogP contribution is 2.37. The van der Waals surface area contributed by atoms with Gasteiger partial charge in [-0.15, -0.1) is 11.8 Å². The van der Waals surface area contributed by atoms with E-state index in [0.717, 1.165) is 34.1 Å². The van der Waals surface area contributed by atoms with Crippen LogP contribution in [-0.4, -0.2) is 23.8 Å². The molecular formula is C10H11NO2S. The van der Waals surface area contributed by atoms with Gasteiger partial charge in [-0.05, 0) is 6.07 Å². The SMILES string of the molecule is COc1cccc2c1SCCC2=NO. The summed E-state index contributed by atoms with van der Waals surface area (Å²) in [7, 11) is 1.65. The van der Waals surface area contributed by atoms with E-state index in [-0.39, 0.29) is 0 Å². The van der Waals surface area contributed by atoms with Crippen LogP contribution in [0.4, 0.5) is 0 Å². The molecule has 4 heteroatoms. The van der Waals surface area contributed by atoms with E-state index in [1.165, 1.54) is 0 Å². The second-order valence-corrected chi connectivity index (χ2v) is 4.09. The summed E-state index contributed by atoms with van der Waals surface area (Å²) in [5.74, 6) is 1.79. The lowest BCUT2D eigenvalue weighted by atomic mass is 10.1. The minimum Gasteiger partial charge on any atom is -0.496 e. The van der Waals surface area contributed by atoms with Crippen molar-refractivity contribution in [2.24, 2.45) is 5.16 Å². The fourth-order valence-electron chi connectivity index (χ4n) is 1.54. The zero-order valence-electron chi connectivity index (χ0n) is 7.86. The van der Waals surface area contributed by atoms with Gasteiger partial charge < -0.3 is 9.94 Å². The topological polar surface area (TPSA) is 41.8 Å². The number of hydrogen-bond acceptors (Lipinski definition) is 4. The van der Waals surface area contributed by atoms with Gasteiger partial charge in [-0.25, -0.2) is 0 Å². The summed E-state index contributed by atoms with van der Waals surface area (Å²) in [5, 5.41) is 12.2. The molecule has 1 aliphatic heterocycles. The van der Waals surface area contributed by atoms with Crippen molar-refractivity contribution in [3.63, 3.8) is 0 Å². The van der Waals surface area contributed by atoms with Crippen molar-refractivity contribution in [3.05, 3.63) is 23.8 Å². The molecule has 0 aromatic heterocycles. The molecule has 0 bridgehead atoms. The number of hydrogen-bond donors (Lipinski definition) is 1. The van der Waals surface area contributed by atoms with Crippen molar-refractivity contribution in [2.45, 2.75) is 11.3 Å². The molecular weight excluding hydrogens is 198 g/mol.